The molecular formula is C24H30BrClN2O3. The van der Waals surface area contributed by atoms with E-state index in [1.807, 2.05) is 58.0 Å². The van der Waals surface area contributed by atoms with Crippen molar-refractivity contribution < 1.29 is 14.3 Å². The molecule has 7 heteroatoms. The average molecular weight is 510 g/mol. The summed E-state index contributed by atoms with van der Waals surface area (Å²) in [5.41, 5.74) is 2.84. The van der Waals surface area contributed by atoms with Gasteiger partial charge in [-0.15, -0.1) is 0 Å². The lowest BCUT2D eigenvalue weighted by Crippen LogP contribution is -2.50. The second-order valence-corrected chi connectivity index (χ2v) is 8.69. The fourth-order valence-electron chi connectivity index (χ4n) is 3.31. The van der Waals surface area contributed by atoms with Gasteiger partial charge in [0.05, 0.1) is 0 Å². The van der Waals surface area contributed by atoms with Crippen molar-refractivity contribution >= 4 is 39.3 Å². The zero-order valence-electron chi connectivity index (χ0n) is 18.5. The van der Waals surface area contributed by atoms with E-state index in [0.29, 0.717) is 23.7 Å². The van der Waals surface area contributed by atoms with Gasteiger partial charge < -0.3 is 15.0 Å². The largest absolute Gasteiger partial charge is 0.484 e. The molecule has 0 aliphatic heterocycles. The summed E-state index contributed by atoms with van der Waals surface area (Å²) >= 11 is 9.87. The van der Waals surface area contributed by atoms with Gasteiger partial charge in [-0.1, -0.05) is 59.6 Å². The number of ether oxygens (including phenoxy) is 1. The molecule has 0 heterocycles. The van der Waals surface area contributed by atoms with E-state index in [9.17, 15) is 9.59 Å². The number of nitrogens with zero attached hydrogens (tertiary/aromatic N) is 1. The van der Waals surface area contributed by atoms with E-state index < -0.39 is 6.04 Å². The molecule has 0 aromatic heterocycles. The Morgan fingerprint density at radius 1 is 1.16 bits per heavy atom. The van der Waals surface area contributed by atoms with Gasteiger partial charge in [-0.05, 0) is 61.6 Å². The van der Waals surface area contributed by atoms with Crippen LogP contribution in [0.2, 0.25) is 5.02 Å². The summed E-state index contributed by atoms with van der Waals surface area (Å²) < 4.78 is 6.83. The number of carbonyl (C=O) groups excluding carboxylic acids is 2. The van der Waals surface area contributed by atoms with E-state index in [2.05, 4.69) is 21.2 Å². The SMILES string of the molecule is CCCNC(=O)C(CC)N(Cc1ccccc1Cl)C(=O)COc1cc(C)c(Br)c(C)c1. The van der Waals surface area contributed by atoms with E-state index in [1.54, 1.807) is 11.0 Å². The first-order valence-corrected chi connectivity index (χ1v) is 11.7. The number of carbonyl (C=O) groups is 2. The standard InChI is InChI=1S/C24H30BrClN2O3/c1-5-11-27-24(30)21(6-2)28(14-18-9-7-8-10-20(18)26)22(29)15-31-19-12-16(3)23(25)17(4)13-19/h7-10,12-13,21H,5-6,11,14-15H2,1-4H3,(H,27,30). The topological polar surface area (TPSA) is 58.6 Å². The number of nitrogens with one attached hydrogen (secondary N) is 1. The Labute approximate surface area is 198 Å². The summed E-state index contributed by atoms with van der Waals surface area (Å²) in [5.74, 6) is 0.185. The van der Waals surface area contributed by atoms with Crippen LogP contribution in [0.25, 0.3) is 0 Å². The van der Waals surface area contributed by atoms with Gasteiger partial charge in [-0.2, -0.15) is 0 Å². The van der Waals surface area contributed by atoms with E-state index in [1.165, 1.54) is 0 Å². The Kier molecular flexibility index (Phi) is 9.85. The van der Waals surface area contributed by atoms with Gasteiger partial charge in [0.15, 0.2) is 6.61 Å². The van der Waals surface area contributed by atoms with Crippen LogP contribution in [0.15, 0.2) is 40.9 Å². The minimum Gasteiger partial charge on any atom is -0.484 e. The van der Waals surface area contributed by atoms with Gasteiger partial charge >= 0.3 is 0 Å². The molecule has 168 valence electrons. The summed E-state index contributed by atoms with van der Waals surface area (Å²) in [6.45, 7) is 8.47. The van der Waals surface area contributed by atoms with Crippen LogP contribution in [0, 0.1) is 13.8 Å². The van der Waals surface area contributed by atoms with Crippen molar-refractivity contribution in [3.63, 3.8) is 0 Å². The minimum absolute atomic E-state index is 0.164. The van der Waals surface area contributed by atoms with Crippen molar-refractivity contribution in [1.29, 1.82) is 0 Å². The number of rotatable bonds is 10. The lowest BCUT2D eigenvalue weighted by Gasteiger charge is -2.31. The highest BCUT2D eigenvalue weighted by Crippen LogP contribution is 2.26. The second-order valence-electron chi connectivity index (χ2n) is 7.49. The molecule has 1 N–H and O–H groups in total. The van der Waals surface area contributed by atoms with E-state index >= 15 is 0 Å². The first-order chi connectivity index (χ1) is 14.8. The molecule has 2 aromatic carbocycles. The van der Waals surface area contributed by atoms with Crippen LogP contribution < -0.4 is 10.1 Å². The van der Waals surface area contributed by atoms with Crippen molar-refractivity contribution in [2.24, 2.45) is 0 Å². The fourth-order valence-corrected chi connectivity index (χ4v) is 3.74. The number of amides is 2. The molecule has 2 aromatic rings. The Hall–Kier alpha value is -2.05. The molecule has 0 fully saturated rings. The first kappa shape index (κ1) is 25.2. The number of hydrogen-bond donors (Lipinski definition) is 1. The number of hydrogen-bond acceptors (Lipinski definition) is 3. The Balaban J connectivity index is 2.24. The van der Waals surface area contributed by atoms with Crippen LogP contribution >= 0.6 is 27.5 Å². The Morgan fingerprint density at radius 2 is 1.81 bits per heavy atom. The van der Waals surface area contributed by atoms with Crippen LogP contribution in [-0.4, -0.2) is 35.9 Å². The summed E-state index contributed by atoms with van der Waals surface area (Å²) in [6, 6.07) is 10.5. The Bertz CT molecular complexity index is 896. The Morgan fingerprint density at radius 3 is 2.39 bits per heavy atom. The molecule has 0 aliphatic rings. The number of aryl methyl sites for hydroxylation is 2. The maximum Gasteiger partial charge on any atom is 0.261 e. The maximum atomic E-state index is 13.2. The van der Waals surface area contributed by atoms with Gasteiger partial charge in [-0.25, -0.2) is 0 Å². The fraction of sp³-hybridized carbons (Fsp3) is 0.417. The molecule has 2 rings (SSSR count). The predicted octanol–water partition coefficient (Wildman–Crippen LogP) is 5.43. The molecule has 2 amide bonds. The van der Waals surface area contributed by atoms with E-state index in [-0.39, 0.29) is 25.0 Å². The molecule has 0 saturated heterocycles. The molecule has 1 unspecified atom stereocenters. The highest BCUT2D eigenvalue weighted by atomic mass is 79.9. The van der Waals surface area contributed by atoms with Crippen LogP contribution in [0.1, 0.15) is 43.4 Å². The zero-order chi connectivity index (χ0) is 23.0. The van der Waals surface area contributed by atoms with Crippen molar-refractivity contribution in [2.45, 2.75) is 53.1 Å². The van der Waals surface area contributed by atoms with Crippen LogP contribution in [0.4, 0.5) is 0 Å². The number of benzene rings is 2. The molecule has 1 atom stereocenters. The van der Waals surface area contributed by atoms with E-state index in [4.69, 9.17) is 16.3 Å². The smallest absolute Gasteiger partial charge is 0.261 e. The molecule has 31 heavy (non-hydrogen) atoms. The first-order valence-electron chi connectivity index (χ1n) is 10.5. The highest BCUT2D eigenvalue weighted by Gasteiger charge is 2.29. The van der Waals surface area contributed by atoms with Crippen molar-refractivity contribution in [3.05, 3.63) is 62.6 Å². The predicted molar refractivity (Wildman–Crippen MR) is 128 cm³/mol. The van der Waals surface area contributed by atoms with Crippen molar-refractivity contribution in [2.75, 3.05) is 13.2 Å². The third-order valence-electron chi connectivity index (χ3n) is 5.01. The normalized spacial score (nSPS) is 11.7. The van der Waals surface area contributed by atoms with Crippen LogP contribution in [-0.2, 0) is 16.1 Å². The summed E-state index contributed by atoms with van der Waals surface area (Å²) in [5, 5.41) is 3.46. The second kappa shape index (κ2) is 12.1. The third-order valence-corrected chi connectivity index (χ3v) is 6.63. The molecule has 0 radical (unpaired) electrons. The number of halogens is 2. The summed E-state index contributed by atoms with van der Waals surface area (Å²) in [7, 11) is 0. The average Bonchev–Trinajstić information content (AvgIpc) is 2.75. The third kappa shape index (κ3) is 6.97. The van der Waals surface area contributed by atoms with Crippen molar-refractivity contribution in [3.8, 4) is 5.75 Å². The van der Waals surface area contributed by atoms with Gasteiger partial charge in [-0.3, -0.25) is 9.59 Å². The van der Waals surface area contributed by atoms with Gasteiger partial charge in [0.1, 0.15) is 11.8 Å². The van der Waals surface area contributed by atoms with Gasteiger partial charge in [0, 0.05) is 22.6 Å². The zero-order valence-corrected chi connectivity index (χ0v) is 20.8. The molecule has 0 bridgehead atoms. The molecule has 0 saturated carbocycles. The minimum atomic E-state index is -0.604. The maximum absolute atomic E-state index is 13.2. The molecule has 0 aliphatic carbocycles. The molecule has 5 nitrogen and oxygen atoms in total. The lowest BCUT2D eigenvalue weighted by molar-refractivity contribution is -0.143. The van der Waals surface area contributed by atoms with Crippen molar-refractivity contribution in [1.82, 2.24) is 10.2 Å². The van der Waals surface area contributed by atoms with Crippen LogP contribution in [0.5, 0.6) is 5.75 Å². The van der Waals surface area contributed by atoms with E-state index in [0.717, 1.165) is 27.6 Å². The highest BCUT2D eigenvalue weighted by molar-refractivity contribution is 9.10. The summed E-state index contributed by atoms with van der Waals surface area (Å²) in [6.07, 6.45) is 1.31. The van der Waals surface area contributed by atoms with Gasteiger partial charge in [0.2, 0.25) is 5.91 Å². The lowest BCUT2D eigenvalue weighted by atomic mass is 10.1. The van der Waals surface area contributed by atoms with Crippen LogP contribution in [0.3, 0.4) is 0 Å². The summed E-state index contributed by atoms with van der Waals surface area (Å²) in [4.78, 5) is 27.5. The monoisotopic (exact) mass is 508 g/mol. The molecule has 0 spiro atoms. The molecular weight excluding hydrogens is 480 g/mol. The van der Waals surface area contributed by atoms with Gasteiger partial charge in [0.25, 0.3) is 5.91 Å². The quantitative estimate of drug-likeness (QED) is 0.464.